The van der Waals surface area contributed by atoms with E-state index in [-0.39, 0.29) is 0 Å². The molecule has 0 aliphatic rings. The molecule has 2 N–H and O–H groups in total. The van der Waals surface area contributed by atoms with Gasteiger partial charge in [0, 0.05) is 20.4 Å². The molecule has 0 aliphatic carbocycles. The molecule has 0 spiro atoms. The predicted octanol–water partition coefficient (Wildman–Crippen LogP) is 3.59. The zero-order chi connectivity index (χ0) is 12.3. The number of carbonyl (C=O) groups is 1. The van der Waals surface area contributed by atoms with Crippen LogP contribution >= 0.6 is 23.4 Å². The highest BCUT2D eigenvalue weighted by atomic mass is 35.5. The van der Waals surface area contributed by atoms with Crippen LogP contribution in [0.2, 0.25) is 5.02 Å². The van der Waals surface area contributed by atoms with Gasteiger partial charge in [0.05, 0.1) is 0 Å². The van der Waals surface area contributed by atoms with Gasteiger partial charge in [-0.05, 0) is 42.5 Å². The van der Waals surface area contributed by atoms with Crippen molar-refractivity contribution in [3.05, 3.63) is 59.1 Å². The fourth-order valence-corrected chi connectivity index (χ4v) is 2.49. The summed E-state index contributed by atoms with van der Waals surface area (Å²) in [6.07, 6.45) is 0. The van der Waals surface area contributed by atoms with Gasteiger partial charge in [-0.3, -0.25) is 4.79 Å². The van der Waals surface area contributed by atoms with Crippen molar-refractivity contribution >= 4 is 29.3 Å². The Labute approximate surface area is 109 Å². The van der Waals surface area contributed by atoms with E-state index in [1.165, 1.54) is 0 Å². The molecule has 1 amide bonds. The number of nitrogens with two attached hydrogens (primary N) is 1. The Hall–Kier alpha value is -1.45. The van der Waals surface area contributed by atoms with E-state index in [0.29, 0.717) is 10.6 Å². The number of hydrogen-bond acceptors (Lipinski definition) is 2. The monoisotopic (exact) mass is 263 g/mol. The van der Waals surface area contributed by atoms with E-state index in [0.717, 1.165) is 9.79 Å². The van der Waals surface area contributed by atoms with Crippen LogP contribution in [0.15, 0.2) is 58.3 Å². The van der Waals surface area contributed by atoms with Crippen LogP contribution in [0.25, 0.3) is 0 Å². The molecular weight excluding hydrogens is 254 g/mol. The first-order valence-electron chi connectivity index (χ1n) is 4.98. The molecule has 0 saturated carbocycles. The van der Waals surface area contributed by atoms with E-state index >= 15 is 0 Å². The van der Waals surface area contributed by atoms with Crippen LogP contribution in [0, 0.1) is 0 Å². The molecule has 0 fully saturated rings. The molecule has 0 radical (unpaired) electrons. The lowest BCUT2D eigenvalue weighted by Gasteiger charge is -2.02. The first-order chi connectivity index (χ1) is 8.15. The second-order valence-electron chi connectivity index (χ2n) is 3.45. The minimum absolute atomic E-state index is 0.413. The van der Waals surface area contributed by atoms with E-state index < -0.39 is 5.91 Å². The van der Waals surface area contributed by atoms with Crippen LogP contribution in [0.3, 0.4) is 0 Å². The van der Waals surface area contributed by atoms with E-state index in [2.05, 4.69) is 0 Å². The summed E-state index contributed by atoms with van der Waals surface area (Å²) in [4.78, 5) is 13.0. The van der Waals surface area contributed by atoms with Gasteiger partial charge in [0.2, 0.25) is 5.91 Å². The molecule has 0 unspecified atom stereocenters. The van der Waals surface area contributed by atoms with Crippen LogP contribution in [-0.2, 0) is 0 Å². The zero-order valence-corrected chi connectivity index (χ0v) is 10.5. The molecule has 2 aromatic carbocycles. The third kappa shape index (κ3) is 3.25. The standard InChI is InChI=1S/C13H10ClNOS/c14-10-2-1-3-12(8-10)17-11-6-4-9(5-7-11)13(15)16/h1-8H,(H2,15,16). The fourth-order valence-electron chi connectivity index (χ4n) is 1.35. The summed E-state index contributed by atoms with van der Waals surface area (Å²) >= 11 is 7.49. The minimum atomic E-state index is -0.413. The third-order valence-corrected chi connectivity index (χ3v) is 3.40. The first-order valence-corrected chi connectivity index (χ1v) is 6.18. The molecule has 2 rings (SSSR count). The SMILES string of the molecule is NC(=O)c1ccc(Sc2cccc(Cl)c2)cc1. The molecule has 0 bridgehead atoms. The third-order valence-electron chi connectivity index (χ3n) is 2.17. The lowest BCUT2D eigenvalue weighted by Crippen LogP contribution is -2.10. The van der Waals surface area contributed by atoms with Crippen molar-refractivity contribution in [3.63, 3.8) is 0 Å². The molecule has 2 aromatic rings. The van der Waals surface area contributed by atoms with Crippen LogP contribution in [0.1, 0.15) is 10.4 Å². The maximum Gasteiger partial charge on any atom is 0.248 e. The van der Waals surface area contributed by atoms with Gasteiger partial charge in [0.25, 0.3) is 0 Å². The van der Waals surface area contributed by atoms with Crippen LogP contribution < -0.4 is 5.73 Å². The van der Waals surface area contributed by atoms with Gasteiger partial charge in [0.15, 0.2) is 0 Å². The molecule has 0 atom stereocenters. The van der Waals surface area contributed by atoms with Crippen molar-refractivity contribution in [2.24, 2.45) is 5.73 Å². The molecule has 4 heteroatoms. The Kier molecular flexibility index (Phi) is 3.71. The minimum Gasteiger partial charge on any atom is -0.366 e. The molecular formula is C13H10ClNOS. The first kappa shape index (κ1) is 12.0. The second kappa shape index (κ2) is 5.25. The van der Waals surface area contributed by atoms with Crippen molar-refractivity contribution in [3.8, 4) is 0 Å². The lowest BCUT2D eigenvalue weighted by molar-refractivity contribution is 0.100. The Morgan fingerprint density at radius 3 is 2.35 bits per heavy atom. The summed E-state index contributed by atoms with van der Waals surface area (Å²) in [6.45, 7) is 0. The summed E-state index contributed by atoms with van der Waals surface area (Å²) < 4.78 is 0. The number of hydrogen-bond donors (Lipinski definition) is 1. The number of rotatable bonds is 3. The summed E-state index contributed by atoms with van der Waals surface area (Å²) in [6, 6.07) is 14.8. The highest BCUT2D eigenvalue weighted by molar-refractivity contribution is 7.99. The van der Waals surface area contributed by atoms with Gasteiger partial charge >= 0.3 is 0 Å². The number of amides is 1. The number of benzene rings is 2. The highest BCUT2D eigenvalue weighted by Crippen LogP contribution is 2.29. The Balaban J connectivity index is 2.16. The molecule has 2 nitrogen and oxygen atoms in total. The van der Waals surface area contributed by atoms with Crippen molar-refractivity contribution < 1.29 is 4.79 Å². The lowest BCUT2D eigenvalue weighted by atomic mass is 10.2. The molecule has 0 heterocycles. The van der Waals surface area contributed by atoms with Crippen molar-refractivity contribution in [2.75, 3.05) is 0 Å². The van der Waals surface area contributed by atoms with Gasteiger partial charge < -0.3 is 5.73 Å². The summed E-state index contributed by atoms with van der Waals surface area (Å²) in [5.41, 5.74) is 5.69. The van der Waals surface area contributed by atoms with E-state index in [4.69, 9.17) is 17.3 Å². The summed E-state index contributed by atoms with van der Waals surface area (Å²) in [7, 11) is 0. The predicted molar refractivity (Wildman–Crippen MR) is 70.5 cm³/mol. The van der Waals surface area contributed by atoms with Gasteiger partial charge in [0.1, 0.15) is 0 Å². The number of halogens is 1. The molecule has 0 aromatic heterocycles. The molecule has 17 heavy (non-hydrogen) atoms. The van der Waals surface area contributed by atoms with E-state index in [1.807, 2.05) is 36.4 Å². The van der Waals surface area contributed by atoms with Crippen LogP contribution in [-0.4, -0.2) is 5.91 Å². The second-order valence-corrected chi connectivity index (χ2v) is 5.03. The molecule has 0 aliphatic heterocycles. The Bertz CT molecular complexity index is 539. The van der Waals surface area contributed by atoms with Gasteiger partial charge in [-0.25, -0.2) is 0 Å². The van der Waals surface area contributed by atoms with E-state index in [1.54, 1.807) is 23.9 Å². The molecule has 86 valence electrons. The average molecular weight is 264 g/mol. The number of carbonyl (C=O) groups excluding carboxylic acids is 1. The van der Waals surface area contributed by atoms with Gasteiger partial charge in [-0.1, -0.05) is 29.4 Å². The number of primary amides is 1. The maximum atomic E-state index is 10.9. The zero-order valence-electron chi connectivity index (χ0n) is 8.89. The normalized spacial score (nSPS) is 10.2. The van der Waals surface area contributed by atoms with Crippen LogP contribution in [0.5, 0.6) is 0 Å². The van der Waals surface area contributed by atoms with Crippen molar-refractivity contribution in [2.45, 2.75) is 9.79 Å². The smallest absolute Gasteiger partial charge is 0.248 e. The maximum absolute atomic E-state index is 10.9. The fraction of sp³-hybridized carbons (Fsp3) is 0. The van der Waals surface area contributed by atoms with Gasteiger partial charge in [-0.15, -0.1) is 0 Å². The van der Waals surface area contributed by atoms with Gasteiger partial charge in [-0.2, -0.15) is 0 Å². The van der Waals surface area contributed by atoms with Crippen molar-refractivity contribution in [1.82, 2.24) is 0 Å². The quantitative estimate of drug-likeness (QED) is 0.920. The highest BCUT2D eigenvalue weighted by Gasteiger charge is 2.01. The summed E-state index contributed by atoms with van der Waals surface area (Å²) in [5.74, 6) is -0.413. The topological polar surface area (TPSA) is 43.1 Å². The van der Waals surface area contributed by atoms with Crippen LogP contribution in [0.4, 0.5) is 0 Å². The Morgan fingerprint density at radius 2 is 1.76 bits per heavy atom. The largest absolute Gasteiger partial charge is 0.366 e. The summed E-state index contributed by atoms with van der Waals surface area (Å²) in [5, 5.41) is 0.712. The van der Waals surface area contributed by atoms with Crippen molar-refractivity contribution in [1.29, 1.82) is 0 Å². The van der Waals surface area contributed by atoms with E-state index in [9.17, 15) is 4.79 Å². The average Bonchev–Trinajstić information content (AvgIpc) is 2.29. The Morgan fingerprint density at radius 1 is 1.06 bits per heavy atom. The molecule has 0 saturated heterocycles.